The van der Waals surface area contributed by atoms with Gasteiger partial charge in [0.2, 0.25) is 5.91 Å². The molecule has 2 aliphatic rings. The van der Waals surface area contributed by atoms with E-state index in [2.05, 4.69) is 24.8 Å². The van der Waals surface area contributed by atoms with Crippen LogP contribution in [0.25, 0.3) is 0 Å². The molecule has 2 aromatic carbocycles. The number of anilines is 2. The minimum Gasteiger partial charge on any atom is -0.406 e. The molecular weight excluding hydrogens is 449 g/mol. The summed E-state index contributed by atoms with van der Waals surface area (Å²) in [6.07, 6.45) is -4.68. The number of hydrogen-bond acceptors (Lipinski definition) is 6. The van der Waals surface area contributed by atoms with Crippen molar-refractivity contribution in [2.45, 2.75) is 12.9 Å². The smallest absolute Gasteiger partial charge is 0.406 e. The van der Waals surface area contributed by atoms with Crippen LogP contribution < -0.4 is 15.0 Å². The number of ether oxygens (including phenoxy) is 2. The number of halogens is 3. The first kappa shape index (κ1) is 24.3. The van der Waals surface area contributed by atoms with Gasteiger partial charge in [0.1, 0.15) is 5.75 Å². The highest BCUT2D eigenvalue weighted by Gasteiger charge is 2.31. The molecule has 1 amide bonds. The van der Waals surface area contributed by atoms with Crippen molar-refractivity contribution in [1.82, 2.24) is 9.80 Å². The third-order valence-electron chi connectivity index (χ3n) is 5.92. The lowest BCUT2D eigenvalue weighted by atomic mass is 10.2. The number of nitrogens with one attached hydrogen (secondary N) is 1. The van der Waals surface area contributed by atoms with Gasteiger partial charge in [0.15, 0.2) is 0 Å². The lowest BCUT2D eigenvalue weighted by Crippen LogP contribution is -2.48. The quantitative estimate of drug-likeness (QED) is 0.660. The highest BCUT2D eigenvalue weighted by molar-refractivity contribution is 5.92. The maximum Gasteiger partial charge on any atom is 0.573 e. The summed E-state index contributed by atoms with van der Waals surface area (Å²) in [4.78, 5) is 19.1. The van der Waals surface area contributed by atoms with Gasteiger partial charge in [-0.1, -0.05) is 12.1 Å². The summed E-state index contributed by atoms with van der Waals surface area (Å²) in [7, 11) is 0. The second-order valence-corrected chi connectivity index (χ2v) is 8.44. The first-order chi connectivity index (χ1) is 16.3. The SMILES string of the molecule is O=C(CN1CCN(Cc2ccc(OC(F)(F)F)cc2)CC1)Nc1ccc(N2CCOCC2)cc1. The standard InChI is InChI=1S/C24H29F3N4O3/c25-24(26,27)34-22-7-1-19(2-8-22)17-29-9-11-30(12-10-29)18-23(32)28-20-3-5-21(6-4-20)31-13-15-33-16-14-31/h1-8H,9-18H2,(H,28,32). The number of hydrogen-bond donors (Lipinski definition) is 1. The number of rotatable bonds is 7. The summed E-state index contributed by atoms with van der Waals surface area (Å²) in [5.74, 6) is -0.268. The van der Waals surface area contributed by atoms with Crippen LogP contribution in [0.4, 0.5) is 24.5 Å². The molecule has 0 spiro atoms. The van der Waals surface area contributed by atoms with Crippen molar-refractivity contribution < 1.29 is 27.4 Å². The zero-order chi connectivity index (χ0) is 24.0. The summed E-state index contributed by atoms with van der Waals surface area (Å²) in [6, 6.07) is 13.8. The van der Waals surface area contributed by atoms with Crippen LogP contribution in [0.5, 0.6) is 5.75 Å². The average Bonchev–Trinajstić information content (AvgIpc) is 2.82. The van der Waals surface area contributed by atoms with Crippen molar-refractivity contribution in [1.29, 1.82) is 0 Å². The van der Waals surface area contributed by atoms with E-state index in [0.717, 1.165) is 69.4 Å². The molecule has 34 heavy (non-hydrogen) atoms. The summed E-state index contributed by atoms with van der Waals surface area (Å²) in [5, 5.41) is 2.96. The number of carbonyl (C=O) groups excluding carboxylic acids is 1. The molecule has 2 fully saturated rings. The molecule has 7 nitrogen and oxygen atoms in total. The Kier molecular flexibility index (Phi) is 7.91. The minimum atomic E-state index is -4.68. The molecule has 0 unspecified atom stereocenters. The average molecular weight is 479 g/mol. The van der Waals surface area contributed by atoms with Crippen LogP contribution >= 0.6 is 0 Å². The van der Waals surface area contributed by atoms with Crippen LogP contribution in [0.15, 0.2) is 48.5 Å². The molecule has 2 heterocycles. The highest BCUT2D eigenvalue weighted by atomic mass is 19.4. The Morgan fingerprint density at radius 3 is 2.12 bits per heavy atom. The molecule has 10 heteroatoms. The summed E-state index contributed by atoms with van der Waals surface area (Å²) in [6.45, 7) is 7.22. The van der Waals surface area contributed by atoms with Crippen molar-refractivity contribution in [2.24, 2.45) is 0 Å². The zero-order valence-electron chi connectivity index (χ0n) is 18.9. The number of carbonyl (C=O) groups is 1. The van der Waals surface area contributed by atoms with Gasteiger partial charge >= 0.3 is 6.36 Å². The van der Waals surface area contributed by atoms with Crippen molar-refractivity contribution in [3.63, 3.8) is 0 Å². The van der Waals surface area contributed by atoms with Crippen LogP contribution in [-0.2, 0) is 16.1 Å². The predicted octanol–water partition coefficient (Wildman–Crippen LogP) is 3.18. The van der Waals surface area contributed by atoms with Crippen molar-refractivity contribution >= 4 is 17.3 Å². The van der Waals surface area contributed by atoms with Gasteiger partial charge in [-0.05, 0) is 42.0 Å². The molecule has 0 atom stereocenters. The molecule has 2 aliphatic heterocycles. The van der Waals surface area contributed by atoms with E-state index >= 15 is 0 Å². The lowest BCUT2D eigenvalue weighted by Gasteiger charge is -2.34. The second kappa shape index (κ2) is 11.1. The topological polar surface area (TPSA) is 57.3 Å². The molecule has 0 aromatic heterocycles. The molecule has 0 radical (unpaired) electrons. The van der Waals surface area contributed by atoms with Crippen LogP contribution in [0.1, 0.15) is 5.56 Å². The predicted molar refractivity (Wildman–Crippen MR) is 123 cm³/mol. The number of morpholine rings is 1. The highest BCUT2D eigenvalue weighted by Crippen LogP contribution is 2.23. The first-order valence-electron chi connectivity index (χ1n) is 11.4. The van der Waals surface area contributed by atoms with Gasteiger partial charge in [0, 0.05) is 57.2 Å². The van der Waals surface area contributed by atoms with Gasteiger partial charge in [-0.2, -0.15) is 0 Å². The first-order valence-corrected chi connectivity index (χ1v) is 11.4. The van der Waals surface area contributed by atoms with Gasteiger partial charge in [0.25, 0.3) is 0 Å². The Balaban J connectivity index is 1.18. The molecular formula is C24H29F3N4O3. The van der Waals surface area contributed by atoms with Crippen molar-refractivity contribution in [2.75, 3.05) is 69.2 Å². The van der Waals surface area contributed by atoms with E-state index in [1.165, 1.54) is 12.1 Å². The maximum atomic E-state index is 12.5. The summed E-state index contributed by atoms with van der Waals surface area (Å²) >= 11 is 0. The Labute approximate surface area is 197 Å². The molecule has 0 aliphatic carbocycles. The Hall–Kier alpha value is -2.82. The fourth-order valence-corrected chi connectivity index (χ4v) is 4.14. The molecule has 4 rings (SSSR count). The Morgan fingerprint density at radius 1 is 0.882 bits per heavy atom. The van der Waals surface area contributed by atoms with Crippen LogP contribution in [0.3, 0.4) is 0 Å². The van der Waals surface area contributed by atoms with Crippen LogP contribution in [0.2, 0.25) is 0 Å². The Morgan fingerprint density at radius 2 is 1.50 bits per heavy atom. The molecule has 1 N–H and O–H groups in total. The molecule has 2 aromatic rings. The molecule has 0 bridgehead atoms. The van der Waals surface area contributed by atoms with E-state index in [9.17, 15) is 18.0 Å². The van der Waals surface area contributed by atoms with Crippen molar-refractivity contribution in [3.8, 4) is 5.75 Å². The van der Waals surface area contributed by atoms with Gasteiger partial charge in [-0.25, -0.2) is 0 Å². The number of nitrogens with zero attached hydrogens (tertiary/aromatic N) is 3. The van der Waals surface area contributed by atoms with Gasteiger partial charge in [-0.3, -0.25) is 14.6 Å². The third-order valence-corrected chi connectivity index (χ3v) is 5.92. The number of amides is 1. The third kappa shape index (κ3) is 7.34. The maximum absolute atomic E-state index is 12.5. The summed E-state index contributed by atoms with van der Waals surface area (Å²) < 4.78 is 46.1. The van der Waals surface area contributed by atoms with Gasteiger partial charge < -0.3 is 19.7 Å². The van der Waals surface area contributed by atoms with E-state index < -0.39 is 6.36 Å². The van der Waals surface area contributed by atoms with Gasteiger partial charge in [-0.15, -0.1) is 13.2 Å². The zero-order valence-corrected chi connectivity index (χ0v) is 18.9. The second-order valence-electron chi connectivity index (χ2n) is 8.44. The van der Waals surface area contributed by atoms with E-state index in [1.807, 2.05) is 24.3 Å². The molecule has 2 saturated heterocycles. The fraction of sp³-hybridized carbons (Fsp3) is 0.458. The number of benzene rings is 2. The summed E-state index contributed by atoms with van der Waals surface area (Å²) in [5.41, 5.74) is 2.82. The van der Waals surface area contributed by atoms with Gasteiger partial charge in [0.05, 0.1) is 19.8 Å². The monoisotopic (exact) mass is 478 g/mol. The van der Waals surface area contributed by atoms with E-state index in [-0.39, 0.29) is 11.7 Å². The molecule has 0 saturated carbocycles. The number of piperazine rings is 1. The Bertz CT molecular complexity index is 924. The van der Waals surface area contributed by atoms with Crippen LogP contribution in [-0.4, -0.2) is 81.1 Å². The lowest BCUT2D eigenvalue weighted by molar-refractivity contribution is -0.274. The normalized spacial score (nSPS) is 18.0. The number of alkyl halides is 3. The van der Waals surface area contributed by atoms with E-state index in [0.29, 0.717) is 13.1 Å². The van der Waals surface area contributed by atoms with E-state index in [1.54, 1.807) is 12.1 Å². The van der Waals surface area contributed by atoms with Crippen molar-refractivity contribution in [3.05, 3.63) is 54.1 Å². The largest absolute Gasteiger partial charge is 0.573 e. The van der Waals surface area contributed by atoms with Crippen LogP contribution in [0, 0.1) is 0 Å². The molecule has 184 valence electrons. The van der Waals surface area contributed by atoms with E-state index in [4.69, 9.17) is 4.74 Å². The fourth-order valence-electron chi connectivity index (χ4n) is 4.14. The minimum absolute atomic E-state index is 0.0483.